The van der Waals surface area contributed by atoms with Gasteiger partial charge in [0.15, 0.2) is 5.58 Å². The summed E-state index contributed by atoms with van der Waals surface area (Å²) in [5.41, 5.74) is 2.07. The van der Waals surface area contributed by atoms with Crippen molar-refractivity contribution in [2.45, 2.75) is 13.3 Å². The Hall–Kier alpha value is -3.68. The van der Waals surface area contributed by atoms with E-state index in [1.807, 2.05) is 24.3 Å². The van der Waals surface area contributed by atoms with Gasteiger partial charge in [-0.25, -0.2) is 15.0 Å². The van der Waals surface area contributed by atoms with E-state index in [4.69, 9.17) is 9.15 Å². The highest BCUT2D eigenvalue weighted by Gasteiger charge is 2.39. The van der Waals surface area contributed by atoms with Gasteiger partial charge in [0.25, 0.3) is 0 Å². The predicted octanol–water partition coefficient (Wildman–Crippen LogP) is 4.08. The average molecular weight is 403 g/mol. The molecular weight excluding hydrogens is 382 g/mol. The van der Waals surface area contributed by atoms with Crippen LogP contribution in [-0.4, -0.2) is 35.0 Å². The van der Waals surface area contributed by atoms with Crippen LogP contribution in [0.3, 0.4) is 0 Å². The van der Waals surface area contributed by atoms with E-state index >= 15 is 0 Å². The second-order valence-corrected chi connectivity index (χ2v) is 7.55. The summed E-state index contributed by atoms with van der Waals surface area (Å²) in [6.45, 7) is 2.07. The lowest BCUT2D eigenvalue weighted by Crippen LogP contribution is -2.15. The van der Waals surface area contributed by atoms with Gasteiger partial charge in [0.2, 0.25) is 11.8 Å². The predicted molar refractivity (Wildman–Crippen MR) is 115 cm³/mol. The van der Waals surface area contributed by atoms with Gasteiger partial charge < -0.3 is 19.8 Å². The summed E-state index contributed by atoms with van der Waals surface area (Å²) in [7, 11) is 3.42. The molecule has 1 saturated carbocycles. The summed E-state index contributed by atoms with van der Waals surface area (Å²) < 4.78 is 11.3. The first kappa shape index (κ1) is 18.4. The van der Waals surface area contributed by atoms with Gasteiger partial charge in [-0.15, -0.1) is 0 Å². The number of carbonyl (C=O) groups excluding carboxylic acids is 1. The number of amides is 1. The lowest BCUT2D eigenvalue weighted by molar-refractivity contribution is -0.117. The van der Waals surface area contributed by atoms with Crippen molar-refractivity contribution < 1.29 is 13.9 Å². The number of nitrogens with one attached hydrogen (secondary N) is 2. The summed E-state index contributed by atoms with van der Waals surface area (Å²) in [6.07, 6.45) is 4.34. The smallest absolute Gasteiger partial charge is 0.229 e. The Kier molecular flexibility index (Phi) is 4.27. The normalized spacial score (nSPS) is 17.8. The summed E-state index contributed by atoms with van der Waals surface area (Å²) in [5.74, 6) is 2.84. The lowest BCUT2D eigenvalue weighted by Gasteiger charge is -2.10. The Morgan fingerprint density at radius 1 is 1.20 bits per heavy atom. The zero-order valence-electron chi connectivity index (χ0n) is 16.9. The Morgan fingerprint density at radius 2 is 2.03 bits per heavy atom. The van der Waals surface area contributed by atoms with Gasteiger partial charge in [-0.2, -0.15) is 0 Å². The topological polar surface area (TPSA) is 102 Å². The van der Waals surface area contributed by atoms with Gasteiger partial charge in [-0.1, -0.05) is 6.92 Å². The third-order valence-electron chi connectivity index (χ3n) is 5.53. The van der Waals surface area contributed by atoms with Gasteiger partial charge in [0, 0.05) is 42.2 Å². The fourth-order valence-electron chi connectivity index (χ4n) is 3.63. The largest absolute Gasteiger partial charge is 0.497 e. The molecule has 0 spiro atoms. The third-order valence-corrected chi connectivity index (χ3v) is 5.53. The second-order valence-electron chi connectivity index (χ2n) is 7.55. The molecule has 0 bridgehead atoms. The molecular formula is C22H21N5O3. The van der Waals surface area contributed by atoms with Crippen molar-refractivity contribution in [3.8, 4) is 17.2 Å². The highest BCUT2D eigenvalue weighted by atomic mass is 16.5. The van der Waals surface area contributed by atoms with Crippen LogP contribution in [0.15, 0.2) is 41.1 Å². The van der Waals surface area contributed by atoms with Crippen molar-refractivity contribution in [3.05, 3.63) is 36.7 Å². The number of rotatable bonds is 5. The van der Waals surface area contributed by atoms with E-state index in [1.165, 1.54) is 0 Å². The lowest BCUT2D eigenvalue weighted by atomic mass is 10.1. The SMILES string of the molecule is CNc1ncc(-c2nc3cc(OC)ccc3o2)c2cc(NC(=O)[C@@H]3C[C@@H]3C)ncc12. The third kappa shape index (κ3) is 3.10. The maximum absolute atomic E-state index is 12.4. The highest BCUT2D eigenvalue weighted by molar-refractivity contribution is 6.03. The van der Waals surface area contributed by atoms with Gasteiger partial charge in [-0.3, -0.25) is 4.79 Å². The Bertz CT molecular complexity index is 1280. The summed E-state index contributed by atoms with van der Waals surface area (Å²) in [6, 6.07) is 7.32. The van der Waals surface area contributed by atoms with Gasteiger partial charge >= 0.3 is 0 Å². The van der Waals surface area contributed by atoms with E-state index in [2.05, 4.69) is 32.5 Å². The number of nitrogens with zero attached hydrogens (tertiary/aromatic N) is 3. The minimum Gasteiger partial charge on any atom is -0.497 e. The molecule has 0 saturated heterocycles. The van der Waals surface area contributed by atoms with Gasteiger partial charge in [0.1, 0.15) is 22.9 Å². The zero-order valence-corrected chi connectivity index (χ0v) is 16.9. The Morgan fingerprint density at radius 3 is 2.77 bits per heavy atom. The van der Waals surface area contributed by atoms with Crippen LogP contribution in [0.1, 0.15) is 13.3 Å². The zero-order chi connectivity index (χ0) is 20.8. The number of aromatic nitrogens is 3. The summed E-state index contributed by atoms with van der Waals surface area (Å²) in [4.78, 5) is 25.9. The van der Waals surface area contributed by atoms with Crippen LogP contribution in [0.2, 0.25) is 0 Å². The maximum atomic E-state index is 12.4. The number of hydrogen-bond donors (Lipinski definition) is 2. The molecule has 30 heavy (non-hydrogen) atoms. The van der Waals surface area contributed by atoms with Crippen LogP contribution < -0.4 is 15.4 Å². The van der Waals surface area contributed by atoms with E-state index in [1.54, 1.807) is 26.6 Å². The summed E-state index contributed by atoms with van der Waals surface area (Å²) >= 11 is 0. The maximum Gasteiger partial charge on any atom is 0.229 e. The molecule has 2 atom stereocenters. The number of anilines is 2. The quantitative estimate of drug-likeness (QED) is 0.517. The molecule has 1 fully saturated rings. The molecule has 152 valence electrons. The van der Waals surface area contributed by atoms with Gasteiger partial charge in [0.05, 0.1) is 12.7 Å². The van der Waals surface area contributed by atoms with Gasteiger partial charge in [-0.05, 0) is 30.5 Å². The number of methoxy groups -OCH3 is 1. The Balaban J connectivity index is 1.61. The monoisotopic (exact) mass is 403 g/mol. The fraction of sp³-hybridized carbons (Fsp3) is 0.273. The van der Waals surface area contributed by atoms with Crippen LogP contribution in [-0.2, 0) is 4.79 Å². The van der Waals surface area contributed by atoms with Crippen LogP contribution >= 0.6 is 0 Å². The molecule has 1 amide bonds. The molecule has 0 radical (unpaired) electrons. The van der Waals surface area contributed by atoms with E-state index < -0.39 is 0 Å². The number of benzene rings is 1. The first-order chi connectivity index (χ1) is 14.6. The average Bonchev–Trinajstić information content (AvgIpc) is 3.35. The standard InChI is InChI=1S/C22H21N5O3/c1-11-6-13(11)21(28)27-19-8-14-15(9-24-19)20(23-2)25-10-16(14)22-26-17-7-12(29-3)4-5-18(17)30-22/h4-5,7-11,13H,6H2,1-3H3,(H,23,25)(H,24,27,28)/t11-,13+/m0/s1. The molecule has 0 unspecified atom stereocenters. The van der Waals surface area contributed by atoms with Crippen molar-refractivity contribution in [2.75, 3.05) is 24.8 Å². The molecule has 8 heteroatoms. The second kappa shape index (κ2) is 6.98. The van der Waals surface area contributed by atoms with Crippen LogP contribution in [0, 0.1) is 11.8 Å². The molecule has 8 nitrogen and oxygen atoms in total. The van der Waals surface area contributed by atoms with Crippen LogP contribution in [0.25, 0.3) is 33.3 Å². The molecule has 4 aromatic rings. The van der Waals surface area contributed by atoms with E-state index in [9.17, 15) is 4.79 Å². The first-order valence-corrected chi connectivity index (χ1v) is 9.79. The number of pyridine rings is 2. The molecule has 0 aliphatic heterocycles. The van der Waals surface area contributed by atoms with Crippen molar-refractivity contribution in [1.29, 1.82) is 0 Å². The molecule has 1 aromatic carbocycles. The van der Waals surface area contributed by atoms with E-state index in [-0.39, 0.29) is 11.8 Å². The van der Waals surface area contributed by atoms with Crippen molar-refractivity contribution in [1.82, 2.24) is 15.0 Å². The number of hydrogen-bond acceptors (Lipinski definition) is 7. The van der Waals surface area contributed by atoms with Crippen LogP contribution in [0.4, 0.5) is 11.6 Å². The first-order valence-electron chi connectivity index (χ1n) is 9.79. The van der Waals surface area contributed by atoms with Crippen LogP contribution in [0.5, 0.6) is 5.75 Å². The fourth-order valence-corrected chi connectivity index (χ4v) is 3.63. The molecule has 5 rings (SSSR count). The molecule has 3 heterocycles. The molecule has 1 aliphatic rings. The van der Waals surface area contributed by atoms with Crippen molar-refractivity contribution >= 4 is 39.4 Å². The molecule has 2 N–H and O–H groups in total. The number of ether oxygens (including phenoxy) is 1. The molecule has 3 aromatic heterocycles. The minimum atomic E-state index is 0.00718. The minimum absolute atomic E-state index is 0.00718. The number of carbonyl (C=O) groups is 1. The molecule has 1 aliphatic carbocycles. The van der Waals surface area contributed by atoms with Crippen molar-refractivity contribution in [3.63, 3.8) is 0 Å². The number of fused-ring (bicyclic) bond motifs is 2. The van der Waals surface area contributed by atoms with E-state index in [0.717, 1.165) is 22.8 Å². The summed E-state index contributed by atoms with van der Waals surface area (Å²) in [5, 5.41) is 7.65. The Labute approximate surface area is 172 Å². The van der Waals surface area contributed by atoms with Crippen molar-refractivity contribution in [2.24, 2.45) is 11.8 Å². The van der Waals surface area contributed by atoms with E-state index in [0.29, 0.717) is 40.3 Å². The highest BCUT2D eigenvalue weighted by Crippen LogP contribution is 2.39. The number of oxazole rings is 1.